The molecule has 0 radical (unpaired) electrons. The molecule has 0 unspecified atom stereocenters. The fourth-order valence-electron chi connectivity index (χ4n) is 3.46. The van der Waals surface area contributed by atoms with Gasteiger partial charge in [0.15, 0.2) is 11.5 Å². The summed E-state index contributed by atoms with van der Waals surface area (Å²) >= 11 is 0. The number of carbonyl (C=O) groups is 1. The molecule has 0 atom stereocenters. The Morgan fingerprint density at radius 3 is 2.72 bits per heavy atom. The number of hydrogen-bond donors (Lipinski definition) is 1. The van der Waals surface area contributed by atoms with Crippen molar-refractivity contribution in [2.45, 2.75) is 37.9 Å². The third-order valence-electron chi connectivity index (χ3n) is 4.68. The minimum atomic E-state index is -0.481. The monoisotopic (exact) mass is 339 g/mol. The second-order valence-corrected chi connectivity index (χ2v) is 6.56. The Morgan fingerprint density at radius 2 is 1.92 bits per heavy atom. The average molecular weight is 339 g/mol. The van der Waals surface area contributed by atoms with Gasteiger partial charge in [0.05, 0.1) is 13.5 Å². The van der Waals surface area contributed by atoms with Crippen molar-refractivity contribution in [1.29, 1.82) is 0 Å². The van der Waals surface area contributed by atoms with Crippen LogP contribution in [0.1, 0.15) is 31.2 Å². The predicted molar refractivity (Wildman–Crippen MR) is 94.2 cm³/mol. The lowest BCUT2D eigenvalue weighted by Crippen LogP contribution is -2.34. The molecule has 0 saturated heterocycles. The number of methoxy groups -OCH3 is 1. The number of rotatable bonds is 4. The number of nitrogens with one attached hydrogen (secondary N) is 1. The van der Waals surface area contributed by atoms with Gasteiger partial charge in [0.2, 0.25) is 5.91 Å². The number of hydrogen-bond acceptors (Lipinski definition) is 4. The van der Waals surface area contributed by atoms with Crippen molar-refractivity contribution < 1.29 is 19.0 Å². The first kappa shape index (κ1) is 15.8. The number of anilines is 1. The van der Waals surface area contributed by atoms with E-state index in [1.807, 2.05) is 42.5 Å². The first-order chi connectivity index (χ1) is 12.2. The molecule has 2 aromatic rings. The molecule has 1 saturated carbocycles. The molecule has 1 heterocycles. The Morgan fingerprint density at radius 1 is 1.12 bits per heavy atom. The highest BCUT2D eigenvalue weighted by molar-refractivity contribution is 5.92. The highest BCUT2D eigenvalue weighted by atomic mass is 16.7. The van der Waals surface area contributed by atoms with E-state index >= 15 is 0 Å². The Kier molecular flexibility index (Phi) is 3.99. The Hall–Kier alpha value is -2.69. The van der Waals surface area contributed by atoms with Gasteiger partial charge in [0.25, 0.3) is 5.79 Å². The van der Waals surface area contributed by atoms with Gasteiger partial charge in [-0.2, -0.15) is 0 Å². The number of benzene rings is 2. The van der Waals surface area contributed by atoms with Gasteiger partial charge < -0.3 is 19.5 Å². The van der Waals surface area contributed by atoms with E-state index in [4.69, 9.17) is 14.2 Å². The predicted octanol–water partition coefficient (Wildman–Crippen LogP) is 3.92. The van der Waals surface area contributed by atoms with Crippen LogP contribution in [0.25, 0.3) is 0 Å². The smallest absolute Gasteiger partial charge is 0.251 e. The molecule has 1 aliphatic carbocycles. The third kappa shape index (κ3) is 3.27. The van der Waals surface area contributed by atoms with Crippen LogP contribution >= 0.6 is 0 Å². The van der Waals surface area contributed by atoms with Crippen LogP contribution in [0.5, 0.6) is 17.2 Å². The molecule has 2 aromatic carbocycles. The fraction of sp³-hybridized carbons (Fsp3) is 0.350. The zero-order valence-corrected chi connectivity index (χ0v) is 14.2. The van der Waals surface area contributed by atoms with E-state index in [2.05, 4.69) is 5.32 Å². The zero-order valence-electron chi connectivity index (χ0n) is 14.2. The summed E-state index contributed by atoms with van der Waals surface area (Å²) in [6.07, 6.45) is 4.37. The standard InChI is InChI=1S/C20H21NO4/c1-23-16-6-4-5-14(11-16)12-19(22)21-15-7-8-17-18(13-15)25-20(24-17)9-2-3-10-20/h4-8,11,13H,2-3,9-10,12H2,1H3,(H,21,22). The lowest BCUT2D eigenvalue weighted by Gasteiger charge is -2.21. The fourth-order valence-corrected chi connectivity index (χ4v) is 3.46. The van der Waals surface area contributed by atoms with Gasteiger partial charge in [0, 0.05) is 24.6 Å². The quantitative estimate of drug-likeness (QED) is 0.917. The Balaban J connectivity index is 1.42. The molecule has 1 amide bonds. The molecule has 2 aliphatic rings. The van der Waals surface area contributed by atoms with Crippen molar-refractivity contribution in [2.75, 3.05) is 12.4 Å². The molecule has 1 spiro atoms. The highest BCUT2D eigenvalue weighted by Gasteiger charge is 2.44. The molecular weight excluding hydrogens is 318 g/mol. The van der Waals surface area contributed by atoms with Gasteiger partial charge in [-0.05, 0) is 42.7 Å². The van der Waals surface area contributed by atoms with Crippen molar-refractivity contribution >= 4 is 11.6 Å². The van der Waals surface area contributed by atoms with Gasteiger partial charge in [-0.3, -0.25) is 4.79 Å². The first-order valence-electron chi connectivity index (χ1n) is 8.61. The first-order valence-corrected chi connectivity index (χ1v) is 8.61. The topological polar surface area (TPSA) is 56.8 Å². The second-order valence-electron chi connectivity index (χ2n) is 6.56. The van der Waals surface area contributed by atoms with E-state index in [9.17, 15) is 4.79 Å². The molecule has 1 fully saturated rings. The maximum Gasteiger partial charge on any atom is 0.251 e. The molecule has 0 bridgehead atoms. The van der Waals surface area contributed by atoms with Gasteiger partial charge in [-0.25, -0.2) is 0 Å². The van der Waals surface area contributed by atoms with Gasteiger partial charge in [0.1, 0.15) is 5.75 Å². The summed E-state index contributed by atoms with van der Waals surface area (Å²) in [6, 6.07) is 13.1. The largest absolute Gasteiger partial charge is 0.497 e. The van der Waals surface area contributed by atoms with Crippen molar-refractivity contribution in [2.24, 2.45) is 0 Å². The summed E-state index contributed by atoms with van der Waals surface area (Å²) in [7, 11) is 1.61. The summed E-state index contributed by atoms with van der Waals surface area (Å²) in [5, 5.41) is 2.92. The molecule has 5 nitrogen and oxygen atoms in total. The lowest BCUT2D eigenvalue weighted by molar-refractivity contribution is -0.115. The lowest BCUT2D eigenvalue weighted by atomic mass is 10.1. The maximum absolute atomic E-state index is 12.3. The van der Waals surface area contributed by atoms with Crippen molar-refractivity contribution in [3.63, 3.8) is 0 Å². The molecule has 25 heavy (non-hydrogen) atoms. The van der Waals surface area contributed by atoms with Crippen LogP contribution in [0.2, 0.25) is 0 Å². The van der Waals surface area contributed by atoms with E-state index in [1.54, 1.807) is 7.11 Å². The van der Waals surface area contributed by atoms with Crippen molar-refractivity contribution in [3.8, 4) is 17.2 Å². The van der Waals surface area contributed by atoms with Crippen LogP contribution < -0.4 is 19.5 Å². The van der Waals surface area contributed by atoms with Crippen molar-refractivity contribution in [1.82, 2.24) is 0 Å². The van der Waals surface area contributed by atoms with Crippen molar-refractivity contribution in [3.05, 3.63) is 48.0 Å². The number of fused-ring (bicyclic) bond motifs is 1. The molecule has 1 N–H and O–H groups in total. The van der Waals surface area contributed by atoms with E-state index in [0.717, 1.165) is 42.7 Å². The van der Waals surface area contributed by atoms with Crippen LogP contribution in [0.3, 0.4) is 0 Å². The summed E-state index contributed by atoms with van der Waals surface area (Å²) in [5.74, 6) is 1.65. The molecule has 5 heteroatoms. The van der Waals surface area contributed by atoms with Gasteiger partial charge in [-0.15, -0.1) is 0 Å². The second kappa shape index (κ2) is 6.31. The van der Waals surface area contributed by atoms with Crippen LogP contribution in [0, 0.1) is 0 Å². The zero-order chi connectivity index (χ0) is 17.3. The van der Waals surface area contributed by atoms with Crippen LogP contribution in [-0.4, -0.2) is 18.8 Å². The number of amides is 1. The van der Waals surface area contributed by atoms with E-state index in [1.165, 1.54) is 0 Å². The minimum absolute atomic E-state index is 0.0808. The Labute approximate surface area is 146 Å². The molecular formula is C20H21NO4. The number of ether oxygens (including phenoxy) is 3. The summed E-state index contributed by atoms with van der Waals surface area (Å²) in [5.41, 5.74) is 1.62. The van der Waals surface area contributed by atoms with Crippen LogP contribution in [0.15, 0.2) is 42.5 Å². The normalized spacial score (nSPS) is 16.8. The molecule has 4 rings (SSSR count). The summed E-state index contributed by atoms with van der Waals surface area (Å²) in [6.45, 7) is 0. The van der Waals surface area contributed by atoms with E-state index < -0.39 is 5.79 Å². The summed E-state index contributed by atoms with van der Waals surface area (Å²) < 4.78 is 17.2. The minimum Gasteiger partial charge on any atom is -0.497 e. The maximum atomic E-state index is 12.3. The van der Waals surface area contributed by atoms with Crippen LogP contribution in [-0.2, 0) is 11.2 Å². The molecule has 0 aromatic heterocycles. The van der Waals surface area contributed by atoms with Crippen LogP contribution in [0.4, 0.5) is 5.69 Å². The van der Waals surface area contributed by atoms with E-state index in [-0.39, 0.29) is 12.3 Å². The SMILES string of the molecule is COc1cccc(CC(=O)Nc2ccc3c(c2)OC2(CCCC2)O3)c1. The third-order valence-corrected chi connectivity index (χ3v) is 4.68. The van der Waals surface area contributed by atoms with Gasteiger partial charge in [-0.1, -0.05) is 12.1 Å². The summed E-state index contributed by atoms with van der Waals surface area (Å²) in [4.78, 5) is 12.3. The van der Waals surface area contributed by atoms with Gasteiger partial charge >= 0.3 is 0 Å². The molecule has 130 valence electrons. The van der Waals surface area contributed by atoms with E-state index in [0.29, 0.717) is 11.4 Å². The molecule has 1 aliphatic heterocycles. The Bertz CT molecular complexity index is 796. The number of carbonyl (C=O) groups excluding carboxylic acids is 1. The highest BCUT2D eigenvalue weighted by Crippen LogP contribution is 2.47. The average Bonchev–Trinajstić information content (AvgIpc) is 3.20.